The molecule has 0 unspecified atom stereocenters. The van der Waals surface area contributed by atoms with Crippen LogP contribution < -0.4 is 11.1 Å². The van der Waals surface area contributed by atoms with Crippen molar-refractivity contribution in [3.8, 4) is 11.3 Å². The Hall–Kier alpha value is -4.04. The second-order valence-electron chi connectivity index (χ2n) is 7.41. The van der Waals surface area contributed by atoms with Crippen LogP contribution in [0.4, 0.5) is 0 Å². The van der Waals surface area contributed by atoms with Crippen LogP contribution in [0.15, 0.2) is 60.9 Å². The molecule has 0 radical (unpaired) electrons. The number of nitrogens with one attached hydrogen (secondary N) is 3. The number of aromatic nitrogens is 3. The average molecular weight is 428 g/mol. The van der Waals surface area contributed by atoms with E-state index in [1.807, 2.05) is 30.3 Å². The predicted octanol–water partition coefficient (Wildman–Crippen LogP) is 2.42. The van der Waals surface area contributed by atoms with Gasteiger partial charge in [0.05, 0.1) is 12.3 Å². The van der Waals surface area contributed by atoms with E-state index in [1.165, 1.54) is 0 Å². The molecule has 4 aromatic rings. The third-order valence-electron chi connectivity index (χ3n) is 5.22. The van der Waals surface area contributed by atoms with Gasteiger partial charge < -0.3 is 21.1 Å². The molecular formula is C24H24N6O2. The van der Waals surface area contributed by atoms with E-state index in [4.69, 9.17) is 16.2 Å². The van der Waals surface area contributed by atoms with Crippen LogP contribution in [0, 0.1) is 5.41 Å². The molecule has 0 saturated carbocycles. The van der Waals surface area contributed by atoms with Crippen molar-refractivity contribution in [2.45, 2.75) is 12.8 Å². The number of aromatic amines is 1. The van der Waals surface area contributed by atoms with Crippen LogP contribution in [-0.2, 0) is 12.8 Å². The number of aliphatic hydroxyl groups is 1. The van der Waals surface area contributed by atoms with E-state index in [9.17, 15) is 4.79 Å². The minimum absolute atomic E-state index is 0.000497. The molecule has 0 bridgehead atoms. The van der Waals surface area contributed by atoms with E-state index in [0.29, 0.717) is 36.3 Å². The van der Waals surface area contributed by atoms with Gasteiger partial charge in [0, 0.05) is 53.0 Å². The fraction of sp³-hybridized carbons (Fsp3) is 0.167. The predicted molar refractivity (Wildman–Crippen MR) is 124 cm³/mol. The van der Waals surface area contributed by atoms with E-state index >= 15 is 0 Å². The van der Waals surface area contributed by atoms with E-state index in [2.05, 4.69) is 20.3 Å². The van der Waals surface area contributed by atoms with E-state index in [1.54, 1.807) is 30.6 Å². The number of nitrogens with two attached hydrogens (primary N) is 1. The minimum Gasteiger partial charge on any atom is -0.396 e. The summed E-state index contributed by atoms with van der Waals surface area (Å²) in [4.78, 5) is 24.2. The lowest BCUT2D eigenvalue weighted by atomic mass is 10.1. The summed E-state index contributed by atoms with van der Waals surface area (Å²) in [6.45, 7) is 0.488. The summed E-state index contributed by atoms with van der Waals surface area (Å²) in [6, 6.07) is 15.0. The molecule has 6 N–H and O–H groups in total. The van der Waals surface area contributed by atoms with E-state index in [-0.39, 0.29) is 18.3 Å². The Morgan fingerprint density at radius 1 is 1.12 bits per heavy atom. The van der Waals surface area contributed by atoms with Crippen LogP contribution in [0.3, 0.4) is 0 Å². The monoisotopic (exact) mass is 428 g/mol. The Balaban J connectivity index is 1.37. The average Bonchev–Trinajstić information content (AvgIpc) is 3.23. The van der Waals surface area contributed by atoms with Gasteiger partial charge in [0.1, 0.15) is 11.7 Å². The summed E-state index contributed by atoms with van der Waals surface area (Å²) in [5.41, 5.74) is 10.5. The number of carbonyl (C=O) groups excluding carboxylic acids is 1. The zero-order valence-corrected chi connectivity index (χ0v) is 17.4. The number of H-pyrrole nitrogens is 1. The van der Waals surface area contributed by atoms with Crippen molar-refractivity contribution < 1.29 is 9.90 Å². The zero-order valence-electron chi connectivity index (χ0n) is 17.4. The van der Waals surface area contributed by atoms with Crippen molar-refractivity contribution >= 4 is 22.6 Å². The molecule has 4 rings (SSSR count). The lowest BCUT2D eigenvalue weighted by Crippen LogP contribution is -2.25. The first kappa shape index (κ1) is 21.2. The minimum atomic E-state index is -0.146. The van der Waals surface area contributed by atoms with Gasteiger partial charge in [-0.1, -0.05) is 18.2 Å². The SMILES string of the molecule is N=C(N)c1c[nH]c2ccc(CCNC(=O)c3ccc(-c4ccnc(CCO)n4)cc3)cc12. The molecule has 0 aliphatic carbocycles. The van der Waals surface area contributed by atoms with Crippen LogP contribution in [0.5, 0.6) is 0 Å². The molecule has 0 fully saturated rings. The van der Waals surface area contributed by atoms with Crippen molar-refractivity contribution in [3.63, 3.8) is 0 Å². The first-order chi connectivity index (χ1) is 15.5. The first-order valence-corrected chi connectivity index (χ1v) is 10.3. The second-order valence-corrected chi connectivity index (χ2v) is 7.41. The lowest BCUT2D eigenvalue weighted by molar-refractivity contribution is 0.0954. The molecule has 32 heavy (non-hydrogen) atoms. The number of nitrogens with zero attached hydrogens (tertiary/aromatic N) is 2. The smallest absolute Gasteiger partial charge is 0.251 e. The third kappa shape index (κ3) is 4.65. The van der Waals surface area contributed by atoms with Gasteiger partial charge in [-0.3, -0.25) is 10.2 Å². The number of hydrogen-bond acceptors (Lipinski definition) is 5. The maximum atomic E-state index is 12.5. The number of aliphatic hydroxyl groups excluding tert-OH is 1. The normalized spacial score (nSPS) is 10.9. The Bertz CT molecular complexity index is 1260. The number of amidine groups is 1. The second kappa shape index (κ2) is 9.40. The molecule has 2 aromatic carbocycles. The summed E-state index contributed by atoms with van der Waals surface area (Å²) in [7, 11) is 0. The van der Waals surface area contributed by atoms with Gasteiger partial charge in [-0.25, -0.2) is 9.97 Å². The van der Waals surface area contributed by atoms with Crippen LogP contribution in [0.25, 0.3) is 22.2 Å². The van der Waals surface area contributed by atoms with Crippen molar-refractivity contribution in [3.05, 3.63) is 83.4 Å². The zero-order chi connectivity index (χ0) is 22.5. The van der Waals surface area contributed by atoms with Gasteiger partial charge in [0.15, 0.2) is 0 Å². The molecule has 2 heterocycles. The highest BCUT2D eigenvalue weighted by Crippen LogP contribution is 2.20. The third-order valence-corrected chi connectivity index (χ3v) is 5.22. The Labute approximate surface area is 185 Å². The molecule has 0 saturated heterocycles. The molecule has 8 nitrogen and oxygen atoms in total. The van der Waals surface area contributed by atoms with Crippen molar-refractivity contribution in [1.82, 2.24) is 20.3 Å². The molecule has 0 aliphatic heterocycles. The van der Waals surface area contributed by atoms with Gasteiger partial charge in [0.2, 0.25) is 0 Å². The molecule has 0 spiro atoms. The summed E-state index contributed by atoms with van der Waals surface area (Å²) in [5.74, 6) is 0.462. The maximum absolute atomic E-state index is 12.5. The maximum Gasteiger partial charge on any atom is 0.251 e. The van der Waals surface area contributed by atoms with Gasteiger partial charge in [0.25, 0.3) is 5.91 Å². The Kier molecular flexibility index (Phi) is 6.23. The summed E-state index contributed by atoms with van der Waals surface area (Å²) < 4.78 is 0. The van der Waals surface area contributed by atoms with E-state index < -0.39 is 0 Å². The number of benzene rings is 2. The van der Waals surface area contributed by atoms with Gasteiger partial charge in [-0.05, 0) is 42.3 Å². The van der Waals surface area contributed by atoms with Gasteiger partial charge >= 0.3 is 0 Å². The number of amides is 1. The van der Waals surface area contributed by atoms with Crippen LogP contribution in [0.2, 0.25) is 0 Å². The van der Waals surface area contributed by atoms with E-state index in [0.717, 1.165) is 27.7 Å². The number of carbonyl (C=O) groups is 1. The Morgan fingerprint density at radius 3 is 2.69 bits per heavy atom. The highest BCUT2D eigenvalue weighted by molar-refractivity contribution is 6.07. The summed E-state index contributed by atoms with van der Waals surface area (Å²) in [6.07, 6.45) is 4.47. The van der Waals surface area contributed by atoms with Crippen molar-refractivity contribution in [2.24, 2.45) is 5.73 Å². The molecule has 0 aliphatic rings. The molecule has 1 amide bonds. The molecular weight excluding hydrogens is 404 g/mol. The van der Waals surface area contributed by atoms with Crippen molar-refractivity contribution in [1.29, 1.82) is 5.41 Å². The quantitative estimate of drug-likeness (QED) is 0.216. The highest BCUT2D eigenvalue weighted by atomic mass is 16.3. The topological polar surface area (TPSA) is 141 Å². The number of nitrogen functional groups attached to an aromatic ring is 1. The van der Waals surface area contributed by atoms with Crippen LogP contribution in [0.1, 0.15) is 27.3 Å². The molecule has 0 atom stereocenters. The fourth-order valence-electron chi connectivity index (χ4n) is 3.54. The molecule has 2 aromatic heterocycles. The fourth-order valence-corrected chi connectivity index (χ4v) is 3.54. The van der Waals surface area contributed by atoms with Crippen LogP contribution >= 0.6 is 0 Å². The number of hydrogen-bond donors (Lipinski definition) is 5. The molecule has 8 heteroatoms. The van der Waals surface area contributed by atoms with Crippen molar-refractivity contribution in [2.75, 3.05) is 13.2 Å². The molecule has 162 valence electrons. The number of rotatable bonds is 8. The number of fused-ring (bicyclic) bond motifs is 1. The summed E-state index contributed by atoms with van der Waals surface area (Å²) in [5, 5.41) is 20.6. The van der Waals surface area contributed by atoms with Crippen LogP contribution in [-0.4, -0.2) is 45.0 Å². The largest absolute Gasteiger partial charge is 0.396 e. The highest BCUT2D eigenvalue weighted by Gasteiger charge is 2.09. The lowest BCUT2D eigenvalue weighted by Gasteiger charge is -2.08. The van der Waals surface area contributed by atoms with Gasteiger partial charge in [-0.15, -0.1) is 0 Å². The van der Waals surface area contributed by atoms with Gasteiger partial charge in [-0.2, -0.15) is 0 Å². The first-order valence-electron chi connectivity index (χ1n) is 10.3. The standard InChI is InChI=1S/C24H24N6O2/c25-23(26)19-14-29-21-6-1-15(13-18(19)21)7-10-28-24(32)17-4-2-16(3-5-17)20-8-11-27-22(30-20)9-12-31/h1-6,8,11,13-14,29,31H,7,9-10,12H2,(H3,25,26)(H,28,32). The Morgan fingerprint density at radius 2 is 1.94 bits per heavy atom. The summed E-state index contributed by atoms with van der Waals surface area (Å²) >= 11 is 0.